The molecule has 6 heteroatoms. The zero-order valence-corrected chi connectivity index (χ0v) is 17.1. The molecule has 1 amide bonds. The number of hydrogen-bond donors (Lipinski definition) is 0. The number of rotatable bonds is 1. The third-order valence-electron chi connectivity index (χ3n) is 9.16. The minimum absolute atomic E-state index is 0.134. The summed E-state index contributed by atoms with van der Waals surface area (Å²) in [5.74, 6) is -0.491. The van der Waals surface area contributed by atoms with E-state index in [0.717, 1.165) is 44.5 Å². The minimum atomic E-state index is -0.602. The maximum atomic E-state index is 13.2. The number of fused-ring (bicyclic) bond motifs is 3. The van der Waals surface area contributed by atoms with E-state index in [1.165, 1.54) is 32.6 Å². The Labute approximate surface area is 171 Å². The quantitative estimate of drug-likeness (QED) is 0.683. The lowest BCUT2D eigenvalue weighted by molar-refractivity contribution is -0.174. The fourth-order valence-electron chi connectivity index (χ4n) is 8.59. The van der Waals surface area contributed by atoms with E-state index in [0.29, 0.717) is 6.04 Å². The van der Waals surface area contributed by atoms with Crippen LogP contribution >= 0.6 is 0 Å². The predicted molar refractivity (Wildman–Crippen MR) is 107 cm³/mol. The van der Waals surface area contributed by atoms with Gasteiger partial charge in [0.1, 0.15) is 0 Å². The van der Waals surface area contributed by atoms with E-state index in [1.54, 1.807) is 0 Å². The number of amides is 1. The van der Waals surface area contributed by atoms with Gasteiger partial charge in [0.2, 0.25) is 0 Å². The smallest absolute Gasteiger partial charge is 0.414 e. The normalized spacial score (nSPS) is 41.5. The van der Waals surface area contributed by atoms with Gasteiger partial charge in [0.05, 0.1) is 31.4 Å². The van der Waals surface area contributed by atoms with Gasteiger partial charge in [-0.05, 0) is 68.7 Å². The first-order valence-electron chi connectivity index (χ1n) is 10.9. The second-order valence-electron chi connectivity index (χ2n) is 9.65. The maximum absolute atomic E-state index is 13.2. The molecule has 1 aromatic carbocycles. The zero-order valence-electron chi connectivity index (χ0n) is 17.1. The van der Waals surface area contributed by atoms with Crippen LogP contribution in [0.15, 0.2) is 24.3 Å². The Morgan fingerprint density at radius 3 is 2.66 bits per heavy atom. The third-order valence-corrected chi connectivity index (χ3v) is 9.16. The van der Waals surface area contributed by atoms with Crippen LogP contribution in [0.1, 0.15) is 44.1 Å². The van der Waals surface area contributed by atoms with Crippen LogP contribution in [-0.4, -0.2) is 55.9 Å². The molecule has 6 nitrogen and oxygen atoms in total. The Kier molecular flexibility index (Phi) is 3.39. The highest BCUT2D eigenvalue weighted by Crippen LogP contribution is 2.75. The third kappa shape index (κ3) is 1.72. The molecule has 1 aromatic rings. The van der Waals surface area contributed by atoms with Crippen LogP contribution in [0.5, 0.6) is 0 Å². The molecule has 4 unspecified atom stereocenters. The number of anilines is 1. The fraction of sp³-hybridized carbons (Fsp3) is 0.652. The molecule has 3 aliphatic carbocycles. The summed E-state index contributed by atoms with van der Waals surface area (Å²) in [6, 6.07) is 8.68. The van der Waals surface area contributed by atoms with Crippen LogP contribution in [0.4, 0.5) is 10.5 Å². The molecule has 3 spiro atoms. The molecule has 3 aliphatic heterocycles. The Morgan fingerprint density at radius 2 is 1.86 bits per heavy atom. The summed E-state index contributed by atoms with van der Waals surface area (Å²) in [5, 5.41) is 0. The number of piperidine rings is 1. The Morgan fingerprint density at radius 1 is 1.03 bits per heavy atom. The van der Waals surface area contributed by atoms with Crippen LogP contribution in [0.25, 0.3) is 0 Å². The number of nitrogens with zero attached hydrogens (tertiary/aromatic N) is 2. The standard InChI is InChI=1S/C23H28N2O4/c1-28-18(26)16-14-21-8-5-12-24-13-11-22(19(21)24)15-6-3-4-7-17(15)25(20(27)29-2)23(16,22)10-9-21/h3-4,6-7,16,19H,5,8-14H2,1-2H3/t16-,19?,21?,22?,23?/m1/s1. The number of para-hydroxylation sites is 1. The van der Waals surface area contributed by atoms with Crippen LogP contribution in [-0.2, 0) is 19.7 Å². The van der Waals surface area contributed by atoms with Crippen LogP contribution in [0, 0.1) is 11.3 Å². The molecule has 2 bridgehead atoms. The molecule has 5 fully saturated rings. The average Bonchev–Trinajstić information content (AvgIpc) is 3.29. The lowest BCUT2D eigenvalue weighted by Crippen LogP contribution is -2.79. The SMILES string of the molecule is COC(=O)[C@H]1CC23CCCN4CCC5(c6ccccc6N(C(=O)OC)C15CC2)C43. The van der Waals surface area contributed by atoms with Gasteiger partial charge in [-0.2, -0.15) is 0 Å². The first-order chi connectivity index (χ1) is 14.1. The minimum Gasteiger partial charge on any atom is -0.469 e. The van der Waals surface area contributed by atoms with Gasteiger partial charge in [-0.3, -0.25) is 14.6 Å². The van der Waals surface area contributed by atoms with Gasteiger partial charge in [-0.25, -0.2) is 4.79 Å². The lowest BCUT2D eigenvalue weighted by atomic mass is 9.38. The van der Waals surface area contributed by atoms with Crippen molar-refractivity contribution in [2.24, 2.45) is 11.3 Å². The van der Waals surface area contributed by atoms with E-state index in [4.69, 9.17) is 9.47 Å². The van der Waals surface area contributed by atoms with E-state index in [1.807, 2.05) is 17.0 Å². The van der Waals surface area contributed by atoms with Gasteiger partial charge < -0.3 is 9.47 Å². The summed E-state index contributed by atoms with van der Waals surface area (Å²) in [7, 11) is 2.92. The highest BCUT2D eigenvalue weighted by atomic mass is 16.5. The fourth-order valence-corrected chi connectivity index (χ4v) is 8.59. The second kappa shape index (κ2) is 5.54. The molecule has 6 aliphatic rings. The molecule has 3 heterocycles. The molecule has 3 saturated carbocycles. The number of carbonyl (C=O) groups is 2. The molecule has 5 atom stereocenters. The van der Waals surface area contributed by atoms with Crippen molar-refractivity contribution in [1.82, 2.24) is 4.90 Å². The first kappa shape index (κ1) is 17.8. The molecule has 2 saturated heterocycles. The lowest BCUT2D eigenvalue weighted by Gasteiger charge is -2.69. The van der Waals surface area contributed by atoms with Crippen LogP contribution in [0.2, 0.25) is 0 Å². The van der Waals surface area contributed by atoms with Crippen molar-refractivity contribution in [1.29, 1.82) is 0 Å². The molecule has 154 valence electrons. The Balaban J connectivity index is 1.69. The van der Waals surface area contributed by atoms with Crippen molar-refractivity contribution in [3.05, 3.63) is 29.8 Å². The number of methoxy groups -OCH3 is 2. The monoisotopic (exact) mass is 396 g/mol. The predicted octanol–water partition coefficient (Wildman–Crippen LogP) is 3.09. The van der Waals surface area contributed by atoms with E-state index >= 15 is 0 Å². The van der Waals surface area contributed by atoms with Crippen molar-refractivity contribution >= 4 is 17.7 Å². The van der Waals surface area contributed by atoms with Crippen molar-refractivity contribution in [3.8, 4) is 0 Å². The largest absolute Gasteiger partial charge is 0.469 e. The number of ether oxygens (including phenoxy) is 2. The topological polar surface area (TPSA) is 59.1 Å². The number of hydrogen-bond acceptors (Lipinski definition) is 5. The average molecular weight is 396 g/mol. The highest BCUT2D eigenvalue weighted by molar-refractivity contribution is 5.97. The summed E-state index contributed by atoms with van der Waals surface area (Å²) in [5.41, 5.74) is 1.47. The van der Waals surface area contributed by atoms with Crippen molar-refractivity contribution in [2.75, 3.05) is 32.2 Å². The number of benzene rings is 1. The van der Waals surface area contributed by atoms with Crippen molar-refractivity contribution in [3.63, 3.8) is 0 Å². The summed E-state index contributed by atoms with van der Waals surface area (Å²) in [6.45, 7) is 2.15. The molecular weight excluding hydrogens is 368 g/mol. The van der Waals surface area contributed by atoms with E-state index < -0.39 is 5.54 Å². The van der Waals surface area contributed by atoms with Crippen molar-refractivity contribution in [2.45, 2.75) is 55.5 Å². The highest BCUT2D eigenvalue weighted by Gasteiger charge is 2.81. The zero-order chi connectivity index (χ0) is 20.0. The molecule has 0 aromatic heterocycles. The first-order valence-corrected chi connectivity index (χ1v) is 10.9. The number of esters is 1. The van der Waals surface area contributed by atoms with Gasteiger partial charge in [0, 0.05) is 11.5 Å². The molecule has 29 heavy (non-hydrogen) atoms. The van der Waals surface area contributed by atoms with Crippen LogP contribution in [0.3, 0.4) is 0 Å². The van der Waals surface area contributed by atoms with Crippen LogP contribution < -0.4 is 4.90 Å². The van der Waals surface area contributed by atoms with Gasteiger partial charge >= 0.3 is 12.1 Å². The van der Waals surface area contributed by atoms with E-state index in [2.05, 4.69) is 17.0 Å². The van der Waals surface area contributed by atoms with Crippen molar-refractivity contribution < 1.29 is 19.1 Å². The summed E-state index contributed by atoms with van der Waals surface area (Å²) in [6.07, 6.45) is 5.69. The Bertz CT molecular complexity index is 918. The number of carbonyl (C=O) groups excluding carboxylic acids is 2. The van der Waals surface area contributed by atoms with Gasteiger partial charge in [0.15, 0.2) is 0 Å². The molecule has 0 N–H and O–H groups in total. The van der Waals surface area contributed by atoms with E-state index in [9.17, 15) is 9.59 Å². The molecule has 7 rings (SSSR count). The second-order valence-corrected chi connectivity index (χ2v) is 9.65. The summed E-state index contributed by atoms with van der Waals surface area (Å²) < 4.78 is 10.7. The molecule has 0 radical (unpaired) electrons. The van der Waals surface area contributed by atoms with Gasteiger partial charge in [0.25, 0.3) is 0 Å². The summed E-state index contributed by atoms with van der Waals surface area (Å²) >= 11 is 0. The van der Waals surface area contributed by atoms with E-state index in [-0.39, 0.29) is 28.8 Å². The Hall–Kier alpha value is -2.08. The van der Waals surface area contributed by atoms with Gasteiger partial charge in [-0.15, -0.1) is 0 Å². The van der Waals surface area contributed by atoms with Gasteiger partial charge in [-0.1, -0.05) is 18.2 Å². The maximum Gasteiger partial charge on any atom is 0.414 e. The summed E-state index contributed by atoms with van der Waals surface area (Å²) in [4.78, 5) is 31.0. The molecular formula is C23H28N2O4.